The summed E-state index contributed by atoms with van der Waals surface area (Å²) in [7, 11) is 0. The zero-order valence-electron chi connectivity index (χ0n) is 12.1. The summed E-state index contributed by atoms with van der Waals surface area (Å²) >= 11 is 0. The molecule has 0 fully saturated rings. The summed E-state index contributed by atoms with van der Waals surface area (Å²) in [6.45, 7) is 12.1. The van der Waals surface area contributed by atoms with Crippen LogP contribution in [0.2, 0.25) is 0 Å². The first-order valence-electron chi connectivity index (χ1n) is 6.52. The van der Waals surface area contributed by atoms with Gasteiger partial charge in [-0.2, -0.15) is 4.89 Å². The molecule has 0 aliphatic rings. The third-order valence-electron chi connectivity index (χ3n) is 2.74. The van der Waals surface area contributed by atoms with Crippen molar-refractivity contribution in [2.24, 2.45) is 5.41 Å². The number of carbonyl (C=O) groups excluding carboxylic acids is 1. The first kappa shape index (κ1) is 17.0. The van der Waals surface area contributed by atoms with Gasteiger partial charge in [0.25, 0.3) is 0 Å². The van der Waals surface area contributed by atoms with Crippen molar-refractivity contribution in [3.05, 3.63) is 12.3 Å². The lowest BCUT2D eigenvalue weighted by Gasteiger charge is -2.20. The van der Waals surface area contributed by atoms with Crippen LogP contribution in [0.5, 0.6) is 0 Å². The van der Waals surface area contributed by atoms with Crippen molar-refractivity contribution < 1.29 is 19.3 Å². The van der Waals surface area contributed by atoms with E-state index in [4.69, 9.17) is 14.5 Å². The zero-order valence-corrected chi connectivity index (χ0v) is 12.1. The van der Waals surface area contributed by atoms with Gasteiger partial charge in [0.1, 0.15) is 5.76 Å². The van der Waals surface area contributed by atoms with Crippen molar-refractivity contribution in [3.63, 3.8) is 0 Å². The van der Waals surface area contributed by atoms with Crippen LogP contribution in [-0.4, -0.2) is 19.2 Å². The number of hydrogen-bond acceptors (Lipinski definition) is 4. The van der Waals surface area contributed by atoms with Gasteiger partial charge in [0.05, 0.1) is 18.6 Å². The normalized spacial score (nSPS) is 11.1. The highest BCUT2D eigenvalue weighted by atomic mass is 17.2. The molecule has 0 aromatic carbocycles. The van der Waals surface area contributed by atoms with Gasteiger partial charge in [0, 0.05) is 0 Å². The molecule has 4 heteroatoms. The molecule has 0 rings (SSSR count). The Morgan fingerprint density at radius 3 is 2.33 bits per heavy atom. The number of allylic oxidation sites excluding steroid dienone is 1. The van der Waals surface area contributed by atoms with E-state index < -0.39 is 0 Å². The van der Waals surface area contributed by atoms with Crippen LogP contribution in [0.3, 0.4) is 0 Å². The van der Waals surface area contributed by atoms with Crippen LogP contribution in [-0.2, 0) is 19.3 Å². The monoisotopic (exact) mass is 258 g/mol. The average Bonchev–Trinajstić information content (AvgIpc) is 2.31. The second-order valence-electron chi connectivity index (χ2n) is 5.04. The molecule has 0 aromatic heterocycles. The summed E-state index contributed by atoms with van der Waals surface area (Å²) < 4.78 is 5.22. The highest BCUT2D eigenvalue weighted by molar-refractivity contribution is 5.75. The maximum Gasteiger partial charge on any atom is 0.311 e. The third kappa shape index (κ3) is 8.12. The molecule has 0 saturated heterocycles. The number of esters is 1. The Labute approximate surface area is 110 Å². The van der Waals surface area contributed by atoms with Crippen LogP contribution in [0.25, 0.3) is 0 Å². The van der Waals surface area contributed by atoms with Gasteiger partial charge >= 0.3 is 5.97 Å². The lowest BCUT2D eigenvalue weighted by Crippen LogP contribution is -2.26. The van der Waals surface area contributed by atoms with Gasteiger partial charge in [-0.15, -0.1) is 0 Å². The van der Waals surface area contributed by atoms with Crippen molar-refractivity contribution in [1.29, 1.82) is 0 Å². The molecule has 0 saturated carbocycles. The quantitative estimate of drug-likeness (QED) is 0.197. The van der Waals surface area contributed by atoms with E-state index in [1.807, 2.05) is 20.8 Å². The molecule has 18 heavy (non-hydrogen) atoms. The Bertz CT molecular complexity index is 259. The van der Waals surface area contributed by atoms with Gasteiger partial charge in [-0.25, -0.2) is 0 Å². The van der Waals surface area contributed by atoms with Crippen molar-refractivity contribution in [2.75, 3.05) is 13.2 Å². The molecule has 0 spiro atoms. The highest BCUT2D eigenvalue weighted by Crippen LogP contribution is 2.21. The summed E-state index contributed by atoms with van der Waals surface area (Å²) in [4.78, 5) is 21.3. The second kappa shape index (κ2) is 8.97. The molecule has 0 N–H and O–H groups in total. The molecule has 0 aliphatic heterocycles. The van der Waals surface area contributed by atoms with Crippen molar-refractivity contribution in [3.8, 4) is 0 Å². The summed E-state index contributed by atoms with van der Waals surface area (Å²) in [5.41, 5.74) is -0.377. The van der Waals surface area contributed by atoms with Crippen molar-refractivity contribution in [2.45, 2.75) is 53.4 Å². The Morgan fingerprint density at radius 1 is 1.17 bits per heavy atom. The maximum absolute atomic E-state index is 11.6. The summed E-state index contributed by atoms with van der Waals surface area (Å²) in [6, 6.07) is 0. The van der Waals surface area contributed by atoms with Gasteiger partial charge in [0.2, 0.25) is 0 Å². The molecule has 0 unspecified atom stereocenters. The number of rotatable bonds is 10. The van der Waals surface area contributed by atoms with E-state index >= 15 is 0 Å². The predicted octanol–water partition coefficient (Wildman–Crippen LogP) is 3.62. The van der Waals surface area contributed by atoms with Gasteiger partial charge in [-0.3, -0.25) is 4.79 Å². The highest BCUT2D eigenvalue weighted by Gasteiger charge is 2.26. The first-order valence-corrected chi connectivity index (χ1v) is 6.52. The number of hydrogen-bond donors (Lipinski definition) is 0. The van der Waals surface area contributed by atoms with Crippen LogP contribution < -0.4 is 0 Å². The minimum absolute atomic E-state index is 0.119. The Morgan fingerprint density at radius 2 is 1.78 bits per heavy atom. The fourth-order valence-electron chi connectivity index (χ4n) is 1.09. The molecular formula is C14H26O4. The molecule has 0 aromatic rings. The molecule has 0 aliphatic carbocycles. The van der Waals surface area contributed by atoms with Crippen LogP contribution >= 0.6 is 0 Å². The minimum atomic E-state index is -0.377. The second-order valence-corrected chi connectivity index (χ2v) is 5.04. The lowest BCUT2D eigenvalue weighted by atomic mass is 9.91. The van der Waals surface area contributed by atoms with Gasteiger partial charge < -0.3 is 9.62 Å². The van der Waals surface area contributed by atoms with E-state index in [2.05, 4.69) is 6.58 Å². The Kier molecular flexibility index (Phi) is 8.46. The van der Waals surface area contributed by atoms with E-state index in [0.29, 0.717) is 19.0 Å². The predicted molar refractivity (Wildman–Crippen MR) is 70.7 cm³/mol. The topological polar surface area (TPSA) is 44.8 Å². The molecule has 106 valence electrons. The molecule has 0 radical (unpaired) electrons. The maximum atomic E-state index is 11.6. The number of carbonyl (C=O) groups is 1. The van der Waals surface area contributed by atoms with Crippen molar-refractivity contribution in [1.82, 2.24) is 0 Å². The fourth-order valence-corrected chi connectivity index (χ4v) is 1.09. The molecule has 4 nitrogen and oxygen atoms in total. The van der Waals surface area contributed by atoms with Crippen LogP contribution in [0.15, 0.2) is 12.3 Å². The Hall–Kier alpha value is -1.03. The van der Waals surface area contributed by atoms with Crippen LogP contribution in [0, 0.1) is 5.41 Å². The molecule has 0 amide bonds. The molecule has 0 atom stereocenters. The lowest BCUT2D eigenvalue weighted by molar-refractivity contribution is -0.261. The smallest absolute Gasteiger partial charge is 0.311 e. The summed E-state index contributed by atoms with van der Waals surface area (Å²) in [5, 5.41) is 0. The van der Waals surface area contributed by atoms with E-state index in [1.54, 1.807) is 6.92 Å². The molecular weight excluding hydrogens is 232 g/mol. The largest absolute Gasteiger partial charge is 0.465 e. The number of ether oxygens (including phenoxy) is 1. The van der Waals surface area contributed by atoms with Crippen LogP contribution in [0.4, 0.5) is 0 Å². The molecule has 0 bridgehead atoms. The summed E-state index contributed by atoms with van der Waals surface area (Å²) in [5.74, 6) is 0.428. The first-order chi connectivity index (χ1) is 8.40. The van der Waals surface area contributed by atoms with Gasteiger partial charge in [0.15, 0.2) is 0 Å². The van der Waals surface area contributed by atoms with Crippen LogP contribution in [0.1, 0.15) is 53.4 Å². The SMILES string of the molecule is C=C(C)OOCCCCCOC(=O)C(C)(C)CC. The van der Waals surface area contributed by atoms with E-state index in [1.165, 1.54) is 0 Å². The van der Waals surface area contributed by atoms with E-state index in [0.717, 1.165) is 25.7 Å². The molecule has 0 heterocycles. The third-order valence-corrected chi connectivity index (χ3v) is 2.74. The minimum Gasteiger partial charge on any atom is -0.465 e. The Balaban J connectivity index is 3.41. The standard InChI is InChI=1S/C14H26O4/c1-6-14(4,5)13(15)16-10-8-7-9-11-17-18-12(2)3/h2,6-11H2,1,3-5H3. The number of unbranched alkanes of at least 4 members (excludes halogenated alkanes) is 2. The van der Waals surface area contributed by atoms with Gasteiger partial charge in [-0.05, 0) is 46.5 Å². The average molecular weight is 258 g/mol. The van der Waals surface area contributed by atoms with Gasteiger partial charge in [-0.1, -0.05) is 13.5 Å². The fraction of sp³-hybridized carbons (Fsp3) is 0.786. The van der Waals surface area contributed by atoms with E-state index in [9.17, 15) is 4.79 Å². The zero-order chi connectivity index (χ0) is 14.0. The summed E-state index contributed by atoms with van der Waals surface area (Å²) in [6.07, 6.45) is 3.46. The van der Waals surface area contributed by atoms with E-state index in [-0.39, 0.29) is 11.4 Å². The van der Waals surface area contributed by atoms with Crippen molar-refractivity contribution >= 4 is 5.97 Å².